The van der Waals surface area contributed by atoms with Gasteiger partial charge in [-0.1, -0.05) is 24.3 Å². The van der Waals surface area contributed by atoms with Gasteiger partial charge in [0.05, 0.1) is 13.0 Å². The Morgan fingerprint density at radius 3 is 2.40 bits per heavy atom. The van der Waals surface area contributed by atoms with Crippen molar-refractivity contribution in [3.05, 3.63) is 95.8 Å². The highest BCUT2D eigenvalue weighted by Gasteiger charge is 2.17. The monoisotopic (exact) mass is 338 g/mol. The molecule has 0 radical (unpaired) electrons. The van der Waals surface area contributed by atoms with Crippen LogP contribution in [0.2, 0.25) is 0 Å². The van der Waals surface area contributed by atoms with Gasteiger partial charge in [0.2, 0.25) is 5.91 Å². The highest BCUT2D eigenvalue weighted by Crippen LogP contribution is 2.20. The third-order valence-corrected chi connectivity index (χ3v) is 3.75. The zero-order valence-electron chi connectivity index (χ0n) is 13.4. The molecule has 1 aromatic heterocycles. The van der Waals surface area contributed by atoms with Crippen LogP contribution in [0.5, 0.6) is 0 Å². The zero-order valence-corrected chi connectivity index (χ0v) is 13.4. The van der Waals surface area contributed by atoms with Gasteiger partial charge < -0.3 is 4.90 Å². The van der Waals surface area contributed by atoms with Gasteiger partial charge in [0.15, 0.2) is 0 Å². The third-order valence-electron chi connectivity index (χ3n) is 3.75. The highest BCUT2D eigenvalue weighted by atomic mass is 19.1. The summed E-state index contributed by atoms with van der Waals surface area (Å²) < 4.78 is 26.6. The van der Waals surface area contributed by atoms with Crippen molar-refractivity contribution in [2.75, 3.05) is 4.90 Å². The average molecular weight is 338 g/mol. The first-order valence-corrected chi connectivity index (χ1v) is 7.81. The van der Waals surface area contributed by atoms with Crippen molar-refractivity contribution in [1.29, 1.82) is 0 Å². The minimum Gasteiger partial charge on any atom is -0.308 e. The number of halogens is 2. The third kappa shape index (κ3) is 4.47. The number of pyridine rings is 1. The van der Waals surface area contributed by atoms with Crippen molar-refractivity contribution >= 4 is 11.6 Å². The number of rotatable bonds is 5. The molecule has 1 heterocycles. The molecular formula is C20H16F2N2O. The number of amides is 1. The maximum atomic E-state index is 13.6. The maximum absolute atomic E-state index is 13.6. The fraction of sp³-hybridized carbons (Fsp3) is 0.100. The van der Waals surface area contributed by atoms with Crippen molar-refractivity contribution in [2.24, 2.45) is 0 Å². The van der Waals surface area contributed by atoms with Crippen LogP contribution in [-0.4, -0.2) is 10.9 Å². The van der Waals surface area contributed by atoms with E-state index in [9.17, 15) is 13.6 Å². The predicted octanol–water partition coefficient (Wildman–Crippen LogP) is 4.14. The molecule has 0 aliphatic rings. The van der Waals surface area contributed by atoms with E-state index < -0.39 is 5.82 Å². The number of hydrogen-bond acceptors (Lipinski definition) is 2. The molecule has 25 heavy (non-hydrogen) atoms. The summed E-state index contributed by atoms with van der Waals surface area (Å²) >= 11 is 0. The summed E-state index contributed by atoms with van der Waals surface area (Å²) in [5.41, 5.74) is 1.99. The maximum Gasteiger partial charge on any atom is 0.231 e. The van der Waals surface area contributed by atoms with Crippen LogP contribution in [0.1, 0.15) is 11.1 Å². The second kappa shape index (κ2) is 7.66. The quantitative estimate of drug-likeness (QED) is 0.701. The van der Waals surface area contributed by atoms with Crippen molar-refractivity contribution in [2.45, 2.75) is 13.0 Å². The molecule has 0 N–H and O–H groups in total. The molecule has 0 unspecified atom stereocenters. The lowest BCUT2D eigenvalue weighted by molar-refractivity contribution is -0.118. The lowest BCUT2D eigenvalue weighted by Crippen LogP contribution is -2.31. The lowest BCUT2D eigenvalue weighted by Gasteiger charge is -2.23. The minimum absolute atomic E-state index is 0.0943. The van der Waals surface area contributed by atoms with Crippen molar-refractivity contribution in [3.63, 3.8) is 0 Å². The standard InChI is InChI=1S/C20H16F2N2O/c21-17-8-6-15(7-9-17)11-20(25)24(14-16-3-2-10-23-13-16)19-5-1-4-18(22)12-19/h1-10,12-13H,11,14H2. The van der Waals surface area contributed by atoms with E-state index in [4.69, 9.17) is 0 Å². The van der Waals surface area contributed by atoms with Gasteiger partial charge in [-0.25, -0.2) is 8.78 Å². The average Bonchev–Trinajstić information content (AvgIpc) is 2.62. The minimum atomic E-state index is -0.414. The summed E-state index contributed by atoms with van der Waals surface area (Å²) in [7, 11) is 0. The van der Waals surface area contributed by atoms with Gasteiger partial charge in [0.25, 0.3) is 0 Å². The first-order valence-electron chi connectivity index (χ1n) is 7.81. The lowest BCUT2D eigenvalue weighted by atomic mass is 10.1. The van der Waals surface area contributed by atoms with Crippen LogP contribution in [-0.2, 0) is 17.8 Å². The van der Waals surface area contributed by atoms with E-state index in [1.807, 2.05) is 6.07 Å². The molecule has 0 atom stereocenters. The number of aromatic nitrogens is 1. The Morgan fingerprint density at radius 2 is 1.72 bits per heavy atom. The molecule has 5 heteroatoms. The molecule has 0 fully saturated rings. The van der Waals surface area contributed by atoms with Gasteiger partial charge in [-0.2, -0.15) is 0 Å². The van der Waals surface area contributed by atoms with Crippen LogP contribution in [0.4, 0.5) is 14.5 Å². The number of benzene rings is 2. The van der Waals surface area contributed by atoms with Crippen LogP contribution < -0.4 is 4.90 Å². The summed E-state index contributed by atoms with van der Waals surface area (Å²) in [6.45, 7) is 0.275. The number of hydrogen-bond donors (Lipinski definition) is 0. The fourth-order valence-corrected chi connectivity index (χ4v) is 2.51. The molecule has 1 amide bonds. The molecule has 3 aromatic rings. The van der Waals surface area contributed by atoms with E-state index in [0.717, 1.165) is 5.56 Å². The number of carbonyl (C=O) groups excluding carboxylic acids is 1. The Bertz CT molecular complexity index is 851. The first-order chi connectivity index (χ1) is 12.1. The molecular weight excluding hydrogens is 322 g/mol. The van der Waals surface area contributed by atoms with Crippen LogP contribution in [0.25, 0.3) is 0 Å². The van der Waals surface area contributed by atoms with E-state index >= 15 is 0 Å². The molecule has 0 aliphatic heterocycles. The molecule has 126 valence electrons. The summed E-state index contributed by atoms with van der Waals surface area (Å²) in [5.74, 6) is -0.974. The van der Waals surface area contributed by atoms with Gasteiger partial charge in [0.1, 0.15) is 11.6 Å². The number of nitrogens with zero attached hydrogens (tertiary/aromatic N) is 2. The Kier molecular flexibility index (Phi) is 5.14. The van der Waals surface area contributed by atoms with Gasteiger partial charge in [0, 0.05) is 18.1 Å². The van der Waals surface area contributed by atoms with E-state index in [1.54, 1.807) is 42.7 Å². The second-order valence-corrected chi connectivity index (χ2v) is 5.62. The normalized spacial score (nSPS) is 10.5. The first kappa shape index (κ1) is 16.8. The van der Waals surface area contributed by atoms with Crippen LogP contribution in [0.3, 0.4) is 0 Å². The molecule has 0 bridgehead atoms. The Hall–Kier alpha value is -3.08. The van der Waals surface area contributed by atoms with Crippen LogP contribution in [0.15, 0.2) is 73.1 Å². The summed E-state index contributed by atoms with van der Waals surface area (Å²) in [4.78, 5) is 18.4. The van der Waals surface area contributed by atoms with E-state index in [1.165, 1.54) is 29.2 Å². The largest absolute Gasteiger partial charge is 0.308 e. The Labute approximate surface area is 144 Å². The van der Waals surface area contributed by atoms with Crippen LogP contribution in [0, 0.1) is 11.6 Å². The number of anilines is 1. The van der Waals surface area contributed by atoms with Gasteiger partial charge in [-0.3, -0.25) is 9.78 Å². The molecule has 3 nitrogen and oxygen atoms in total. The summed E-state index contributed by atoms with van der Waals surface area (Å²) in [5, 5.41) is 0. The number of carbonyl (C=O) groups is 1. The van der Waals surface area contributed by atoms with Crippen molar-refractivity contribution < 1.29 is 13.6 Å². The van der Waals surface area contributed by atoms with Crippen molar-refractivity contribution in [3.8, 4) is 0 Å². The van der Waals surface area contributed by atoms with Gasteiger partial charge >= 0.3 is 0 Å². The molecule has 3 rings (SSSR count). The van der Waals surface area contributed by atoms with Gasteiger partial charge in [-0.05, 0) is 47.5 Å². The molecule has 0 saturated carbocycles. The van der Waals surface area contributed by atoms with E-state index in [0.29, 0.717) is 11.3 Å². The Balaban J connectivity index is 1.87. The fourth-order valence-electron chi connectivity index (χ4n) is 2.51. The predicted molar refractivity (Wildman–Crippen MR) is 91.9 cm³/mol. The highest BCUT2D eigenvalue weighted by molar-refractivity contribution is 5.94. The zero-order chi connectivity index (χ0) is 17.6. The SMILES string of the molecule is O=C(Cc1ccc(F)cc1)N(Cc1cccnc1)c1cccc(F)c1. The van der Waals surface area contributed by atoms with Crippen molar-refractivity contribution in [1.82, 2.24) is 4.98 Å². The van der Waals surface area contributed by atoms with E-state index in [-0.39, 0.29) is 24.7 Å². The van der Waals surface area contributed by atoms with Gasteiger partial charge in [-0.15, -0.1) is 0 Å². The topological polar surface area (TPSA) is 33.2 Å². The summed E-state index contributed by atoms with van der Waals surface area (Å²) in [6.07, 6.45) is 3.41. The van der Waals surface area contributed by atoms with E-state index in [2.05, 4.69) is 4.98 Å². The molecule has 0 spiro atoms. The smallest absolute Gasteiger partial charge is 0.231 e. The molecule has 2 aromatic carbocycles. The second-order valence-electron chi connectivity index (χ2n) is 5.62. The Morgan fingerprint density at radius 1 is 0.920 bits per heavy atom. The molecule has 0 saturated heterocycles. The van der Waals surface area contributed by atoms with Crippen LogP contribution >= 0.6 is 0 Å². The summed E-state index contributed by atoms with van der Waals surface area (Å²) in [6, 6.07) is 15.3. The molecule has 0 aliphatic carbocycles.